The number of fused-ring (bicyclic) bond motifs is 2. The topological polar surface area (TPSA) is 116 Å². The first-order chi connectivity index (χ1) is 16.9. The zero-order chi connectivity index (χ0) is 25.3. The van der Waals surface area contributed by atoms with Gasteiger partial charge in [0.1, 0.15) is 5.92 Å². The maximum absolute atomic E-state index is 13.6. The third kappa shape index (κ3) is 3.98. The fourth-order valence-corrected chi connectivity index (χ4v) is 4.70. The van der Waals surface area contributed by atoms with Gasteiger partial charge in [0, 0.05) is 11.5 Å². The van der Waals surface area contributed by atoms with Gasteiger partial charge in [-0.2, -0.15) is 0 Å². The second-order valence-electron chi connectivity index (χ2n) is 7.87. The summed E-state index contributed by atoms with van der Waals surface area (Å²) in [6.45, 7) is 1.70. The summed E-state index contributed by atoms with van der Waals surface area (Å²) in [5, 5.41) is 0. The predicted molar refractivity (Wildman–Crippen MR) is 120 cm³/mol. The average Bonchev–Trinajstić information content (AvgIpc) is 3.33. The fraction of sp³-hybridized carbons (Fsp3) is 0.400. The zero-order valence-electron chi connectivity index (χ0n) is 20.0. The highest BCUT2D eigenvalue weighted by molar-refractivity contribution is 6.13. The van der Waals surface area contributed by atoms with Crippen molar-refractivity contribution in [3.05, 3.63) is 41.0 Å². The molecule has 0 saturated carbocycles. The van der Waals surface area contributed by atoms with Gasteiger partial charge in [0.2, 0.25) is 12.5 Å². The molecule has 0 aromatic heterocycles. The normalized spacial score (nSPS) is 20.0. The van der Waals surface area contributed by atoms with Crippen LogP contribution in [0.3, 0.4) is 0 Å². The van der Waals surface area contributed by atoms with Gasteiger partial charge in [0.05, 0.1) is 41.0 Å². The molecule has 0 amide bonds. The molecule has 35 heavy (non-hydrogen) atoms. The fourth-order valence-electron chi connectivity index (χ4n) is 4.70. The van der Waals surface area contributed by atoms with Gasteiger partial charge in [-0.1, -0.05) is 0 Å². The van der Waals surface area contributed by atoms with Crippen molar-refractivity contribution < 1.29 is 47.5 Å². The summed E-state index contributed by atoms with van der Waals surface area (Å²) in [4.78, 5) is 39.8. The molecule has 2 aliphatic rings. The molecule has 0 spiro atoms. The number of carbonyl (C=O) groups is 3. The first-order valence-corrected chi connectivity index (χ1v) is 10.9. The van der Waals surface area contributed by atoms with Gasteiger partial charge >= 0.3 is 11.9 Å². The van der Waals surface area contributed by atoms with Crippen LogP contribution in [0.1, 0.15) is 34.3 Å². The van der Waals surface area contributed by atoms with E-state index in [9.17, 15) is 14.4 Å². The first-order valence-electron chi connectivity index (χ1n) is 10.9. The summed E-state index contributed by atoms with van der Waals surface area (Å²) in [6.07, 6.45) is 0. The van der Waals surface area contributed by atoms with Gasteiger partial charge in [-0.3, -0.25) is 14.4 Å². The number of rotatable bonds is 7. The van der Waals surface area contributed by atoms with Crippen molar-refractivity contribution in [2.75, 3.05) is 41.8 Å². The molecular formula is C25H26O10. The maximum Gasteiger partial charge on any atom is 0.317 e. The van der Waals surface area contributed by atoms with Crippen LogP contribution in [0, 0.1) is 11.8 Å². The second kappa shape index (κ2) is 9.73. The summed E-state index contributed by atoms with van der Waals surface area (Å²) in [6, 6.07) is 6.54. The Hall–Kier alpha value is -3.95. The lowest BCUT2D eigenvalue weighted by Crippen LogP contribution is -2.45. The Morgan fingerprint density at radius 1 is 0.914 bits per heavy atom. The number of carbonyl (C=O) groups excluding carboxylic acids is 3. The number of benzene rings is 2. The molecular weight excluding hydrogens is 460 g/mol. The van der Waals surface area contributed by atoms with Crippen molar-refractivity contribution in [2.24, 2.45) is 11.8 Å². The Morgan fingerprint density at radius 2 is 1.54 bits per heavy atom. The van der Waals surface area contributed by atoms with E-state index in [-0.39, 0.29) is 19.0 Å². The Balaban J connectivity index is 2.03. The number of esters is 2. The smallest absolute Gasteiger partial charge is 0.317 e. The number of methoxy groups -OCH3 is 4. The van der Waals surface area contributed by atoms with E-state index in [4.69, 9.17) is 33.2 Å². The van der Waals surface area contributed by atoms with Gasteiger partial charge < -0.3 is 33.2 Å². The Labute approximate surface area is 202 Å². The van der Waals surface area contributed by atoms with Crippen molar-refractivity contribution in [3.63, 3.8) is 0 Å². The van der Waals surface area contributed by atoms with E-state index < -0.39 is 35.5 Å². The quantitative estimate of drug-likeness (QED) is 0.427. The van der Waals surface area contributed by atoms with Crippen LogP contribution < -0.4 is 23.7 Å². The van der Waals surface area contributed by atoms with Gasteiger partial charge in [0.25, 0.3) is 0 Å². The van der Waals surface area contributed by atoms with Crippen LogP contribution in [0.4, 0.5) is 0 Å². The molecule has 2 aromatic rings. The molecule has 0 fully saturated rings. The van der Waals surface area contributed by atoms with E-state index in [1.807, 2.05) is 0 Å². The minimum Gasteiger partial charge on any atom is -0.493 e. The maximum atomic E-state index is 13.6. The van der Waals surface area contributed by atoms with E-state index in [2.05, 4.69) is 0 Å². The molecule has 10 nitrogen and oxygen atoms in total. The van der Waals surface area contributed by atoms with Gasteiger partial charge in [-0.05, 0) is 42.3 Å². The summed E-state index contributed by atoms with van der Waals surface area (Å²) in [7, 11) is 5.58. The minimum atomic E-state index is -1.43. The zero-order valence-corrected chi connectivity index (χ0v) is 20.0. The van der Waals surface area contributed by atoms with Gasteiger partial charge in [0.15, 0.2) is 28.8 Å². The van der Waals surface area contributed by atoms with Crippen LogP contribution in [0.25, 0.3) is 0 Å². The molecule has 0 N–H and O–H groups in total. The third-order valence-electron chi connectivity index (χ3n) is 6.21. The van der Waals surface area contributed by atoms with Crippen LogP contribution >= 0.6 is 0 Å². The highest BCUT2D eigenvalue weighted by Crippen LogP contribution is 2.51. The predicted octanol–water partition coefficient (Wildman–Crippen LogP) is 2.74. The van der Waals surface area contributed by atoms with E-state index in [1.54, 1.807) is 25.1 Å². The number of hydrogen-bond donors (Lipinski definition) is 0. The van der Waals surface area contributed by atoms with Crippen molar-refractivity contribution in [3.8, 4) is 28.7 Å². The lowest BCUT2D eigenvalue weighted by atomic mass is 9.65. The van der Waals surface area contributed by atoms with E-state index in [0.29, 0.717) is 39.9 Å². The number of ketones is 1. The molecule has 0 radical (unpaired) electrons. The van der Waals surface area contributed by atoms with Crippen LogP contribution in [0.2, 0.25) is 0 Å². The summed E-state index contributed by atoms with van der Waals surface area (Å²) < 4.78 is 37.7. The molecule has 1 heterocycles. The first kappa shape index (κ1) is 24.2. The summed E-state index contributed by atoms with van der Waals surface area (Å²) in [5.41, 5.74) is 1.25. The summed E-state index contributed by atoms with van der Waals surface area (Å²) in [5.74, 6) is -3.73. The average molecular weight is 486 g/mol. The van der Waals surface area contributed by atoms with Crippen LogP contribution in [0.15, 0.2) is 24.3 Å². The lowest BCUT2D eigenvalue weighted by molar-refractivity contribution is -0.158. The Morgan fingerprint density at radius 3 is 2.09 bits per heavy atom. The molecule has 2 aromatic carbocycles. The molecule has 1 aliphatic heterocycles. The van der Waals surface area contributed by atoms with Gasteiger partial charge in [-0.15, -0.1) is 0 Å². The third-order valence-corrected chi connectivity index (χ3v) is 6.21. The van der Waals surface area contributed by atoms with Crippen molar-refractivity contribution >= 4 is 17.7 Å². The number of ether oxygens (including phenoxy) is 7. The molecule has 4 rings (SSSR count). The lowest BCUT2D eigenvalue weighted by Gasteiger charge is -2.36. The highest BCUT2D eigenvalue weighted by atomic mass is 16.7. The largest absolute Gasteiger partial charge is 0.493 e. The highest BCUT2D eigenvalue weighted by Gasteiger charge is 2.52. The van der Waals surface area contributed by atoms with Crippen LogP contribution in [0.5, 0.6) is 28.7 Å². The molecule has 0 saturated heterocycles. The standard InChI is InChI=1S/C25H26O10/c1-6-33-25(28)20-19(12-7-17(29-2)23(31-4)18(8-12)30-3)13-9-15-16(35-11-34-15)10-14(13)22(26)21(20)24(27)32-5/h7-10,19-21H,6,11H2,1-5H3/t19-,20+,21-/m1/s1. The Bertz CT molecular complexity index is 1150. The van der Waals surface area contributed by atoms with E-state index >= 15 is 0 Å². The van der Waals surface area contributed by atoms with Gasteiger partial charge in [-0.25, -0.2) is 0 Å². The molecule has 3 atom stereocenters. The van der Waals surface area contributed by atoms with Crippen LogP contribution in [-0.4, -0.2) is 59.6 Å². The molecule has 186 valence electrons. The van der Waals surface area contributed by atoms with Crippen molar-refractivity contribution in [1.29, 1.82) is 0 Å². The Kier molecular flexibility index (Phi) is 6.72. The molecule has 0 bridgehead atoms. The van der Waals surface area contributed by atoms with E-state index in [1.165, 1.54) is 34.5 Å². The number of hydrogen-bond acceptors (Lipinski definition) is 10. The second-order valence-corrected chi connectivity index (χ2v) is 7.87. The van der Waals surface area contributed by atoms with Crippen LogP contribution in [-0.2, 0) is 19.1 Å². The monoisotopic (exact) mass is 486 g/mol. The van der Waals surface area contributed by atoms with Crippen molar-refractivity contribution in [1.82, 2.24) is 0 Å². The molecule has 10 heteroatoms. The van der Waals surface area contributed by atoms with E-state index in [0.717, 1.165) is 0 Å². The number of Topliss-reactive ketones (excluding diaryl/α,β-unsaturated/α-hetero) is 1. The SMILES string of the molecule is CCOC(=O)[C@@H]1[C@@H](C(=O)OC)C(=O)c2cc3c(cc2[C@H]1c1cc(OC)c(OC)c(OC)c1)OCO3. The molecule has 1 aliphatic carbocycles. The van der Waals surface area contributed by atoms with Crippen molar-refractivity contribution in [2.45, 2.75) is 12.8 Å². The summed E-state index contributed by atoms with van der Waals surface area (Å²) >= 11 is 0. The molecule has 0 unspecified atom stereocenters. The minimum absolute atomic E-state index is 0.0109.